The van der Waals surface area contributed by atoms with Crippen LogP contribution < -0.4 is 5.32 Å². The predicted molar refractivity (Wildman–Crippen MR) is 105 cm³/mol. The first-order valence-electron chi connectivity index (χ1n) is 7.42. The second-order valence-corrected chi connectivity index (χ2v) is 8.62. The second-order valence-electron chi connectivity index (χ2n) is 6.44. The van der Waals surface area contributed by atoms with Crippen molar-refractivity contribution in [2.45, 2.75) is 32.6 Å². The minimum atomic E-state index is -0.843. The fraction of sp³-hybridized carbons (Fsp3) is 0.438. The van der Waals surface area contributed by atoms with Crippen LogP contribution in [0.5, 0.6) is 0 Å². The number of rotatable bonds is 4. The molecule has 130 valence electrons. The molecule has 0 atom stereocenters. The molecule has 5 nitrogen and oxygen atoms in total. The van der Waals surface area contributed by atoms with E-state index in [0.29, 0.717) is 20.8 Å². The van der Waals surface area contributed by atoms with Crippen molar-refractivity contribution >= 4 is 62.6 Å². The number of hydrogen-bond acceptors (Lipinski definition) is 4. The number of aliphatic carboxylic acids is 1. The molecule has 0 bridgehead atoms. The number of anilines is 1. The molecule has 0 spiro atoms. The first kappa shape index (κ1) is 19.0. The number of nitrogens with one attached hydrogen (secondary N) is 1. The van der Waals surface area contributed by atoms with E-state index in [1.54, 1.807) is 0 Å². The zero-order chi connectivity index (χ0) is 18.1. The van der Waals surface area contributed by atoms with Crippen molar-refractivity contribution in [1.82, 2.24) is 9.55 Å². The van der Waals surface area contributed by atoms with Crippen molar-refractivity contribution in [2.24, 2.45) is 7.05 Å². The highest BCUT2D eigenvalue weighted by atomic mass is 35.5. The summed E-state index contributed by atoms with van der Waals surface area (Å²) >= 11 is 12.9. The Kier molecular flexibility index (Phi) is 5.78. The van der Waals surface area contributed by atoms with Crippen molar-refractivity contribution in [1.29, 1.82) is 0 Å². The summed E-state index contributed by atoms with van der Waals surface area (Å²) in [7, 11) is 1.98. The third kappa shape index (κ3) is 4.20. The normalized spacial score (nSPS) is 11.7. The summed E-state index contributed by atoms with van der Waals surface area (Å²) in [4.78, 5) is 15.4. The molecule has 0 saturated carbocycles. The summed E-state index contributed by atoms with van der Waals surface area (Å²) in [6, 6.07) is 3.75. The third-order valence-electron chi connectivity index (χ3n) is 3.45. The topological polar surface area (TPSA) is 67.2 Å². The maximum Gasteiger partial charge on any atom is 0.304 e. The van der Waals surface area contributed by atoms with Gasteiger partial charge in [0.15, 0.2) is 0 Å². The average Bonchev–Trinajstić information content (AvgIpc) is 2.79. The Hall–Kier alpha value is -1.31. The van der Waals surface area contributed by atoms with E-state index in [1.165, 1.54) is 11.8 Å². The van der Waals surface area contributed by atoms with Gasteiger partial charge in [-0.05, 0) is 12.1 Å². The fourth-order valence-corrected chi connectivity index (χ4v) is 3.58. The highest BCUT2D eigenvalue weighted by molar-refractivity contribution is 8.23. The number of imidazole rings is 1. The van der Waals surface area contributed by atoms with E-state index in [1.807, 2.05) is 19.2 Å². The maximum atomic E-state index is 10.6. The number of carbonyl (C=O) groups is 1. The number of aryl methyl sites for hydroxylation is 1. The van der Waals surface area contributed by atoms with E-state index in [2.05, 4.69) is 30.7 Å². The summed E-state index contributed by atoms with van der Waals surface area (Å²) in [6.07, 6.45) is 0.0577. The minimum absolute atomic E-state index is 0.0577. The molecule has 0 aliphatic carbocycles. The third-order valence-corrected chi connectivity index (χ3v) is 4.99. The van der Waals surface area contributed by atoms with E-state index in [4.69, 9.17) is 33.9 Å². The molecule has 24 heavy (non-hydrogen) atoms. The van der Waals surface area contributed by atoms with Gasteiger partial charge in [-0.25, -0.2) is 4.98 Å². The lowest BCUT2D eigenvalue weighted by Gasteiger charge is -2.17. The number of fused-ring (bicyclic) bond motifs is 1. The highest BCUT2D eigenvalue weighted by Crippen LogP contribution is 2.34. The molecule has 2 aromatic rings. The molecule has 0 aliphatic rings. The number of nitrogens with zero attached hydrogens (tertiary/aromatic N) is 2. The van der Waals surface area contributed by atoms with Crippen LogP contribution in [0, 0.1) is 0 Å². The maximum absolute atomic E-state index is 10.6. The Morgan fingerprint density at radius 2 is 2.12 bits per heavy atom. The fourth-order valence-electron chi connectivity index (χ4n) is 2.39. The van der Waals surface area contributed by atoms with Gasteiger partial charge in [-0.2, -0.15) is 0 Å². The minimum Gasteiger partial charge on any atom is -0.481 e. The van der Waals surface area contributed by atoms with Gasteiger partial charge in [-0.1, -0.05) is 56.4 Å². The largest absolute Gasteiger partial charge is 0.481 e. The lowest BCUT2D eigenvalue weighted by Crippen LogP contribution is -2.17. The molecule has 0 unspecified atom stereocenters. The Morgan fingerprint density at radius 1 is 1.46 bits per heavy atom. The Bertz CT molecular complexity index is 797. The summed E-state index contributed by atoms with van der Waals surface area (Å²) in [5.74, 6) is 0.516. The Morgan fingerprint density at radius 3 is 2.71 bits per heavy atom. The van der Waals surface area contributed by atoms with Crippen LogP contribution in [0.3, 0.4) is 0 Å². The van der Waals surface area contributed by atoms with Gasteiger partial charge < -0.3 is 15.0 Å². The van der Waals surface area contributed by atoms with Crippen LogP contribution in [0.4, 0.5) is 5.69 Å². The van der Waals surface area contributed by atoms with E-state index >= 15 is 0 Å². The number of halogens is 1. The van der Waals surface area contributed by atoms with Crippen LogP contribution in [0.25, 0.3) is 11.0 Å². The molecule has 0 saturated heterocycles. The van der Waals surface area contributed by atoms with E-state index in [9.17, 15) is 4.79 Å². The Balaban J connectivity index is 2.34. The molecule has 1 aromatic carbocycles. The summed E-state index contributed by atoms with van der Waals surface area (Å²) < 4.78 is 2.53. The van der Waals surface area contributed by atoms with Crippen molar-refractivity contribution in [3.8, 4) is 0 Å². The quantitative estimate of drug-likeness (QED) is 0.759. The van der Waals surface area contributed by atoms with Gasteiger partial charge in [0.05, 0.1) is 22.6 Å². The van der Waals surface area contributed by atoms with Crippen molar-refractivity contribution in [2.75, 3.05) is 11.1 Å². The summed E-state index contributed by atoms with van der Waals surface area (Å²) in [6.45, 7) is 6.32. The molecule has 2 N–H and O–H groups in total. The smallest absolute Gasteiger partial charge is 0.304 e. The molecule has 8 heteroatoms. The Labute approximate surface area is 155 Å². The number of thioether (sulfide) groups is 1. The van der Waals surface area contributed by atoms with Gasteiger partial charge >= 0.3 is 5.97 Å². The molecular formula is C16H20ClN3O2S2. The van der Waals surface area contributed by atoms with Crippen LogP contribution in [0.15, 0.2) is 12.1 Å². The zero-order valence-electron chi connectivity index (χ0n) is 14.0. The summed E-state index contributed by atoms with van der Waals surface area (Å²) in [5.41, 5.74) is 2.28. The highest BCUT2D eigenvalue weighted by Gasteiger charge is 2.23. The first-order chi connectivity index (χ1) is 11.1. The molecule has 0 radical (unpaired) electrons. The van der Waals surface area contributed by atoms with E-state index in [-0.39, 0.29) is 11.8 Å². The lowest BCUT2D eigenvalue weighted by atomic mass is 9.96. The predicted octanol–water partition coefficient (Wildman–Crippen LogP) is 4.43. The van der Waals surface area contributed by atoms with E-state index < -0.39 is 5.97 Å². The van der Waals surface area contributed by atoms with Gasteiger partial charge in [-0.3, -0.25) is 4.79 Å². The number of thiocarbonyl (C=S) groups is 1. The molecule has 0 fully saturated rings. The van der Waals surface area contributed by atoms with Gasteiger partial charge in [0, 0.05) is 18.2 Å². The summed E-state index contributed by atoms with van der Waals surface area (Å²) in [5, 5.41) is 12.3. The lowest BCUT2D eigenvalue weighted by molar-refractivity contribution is -0.136. The monoisotopic (exact) mass is 385 g/mol. The van der Waals surface area contributed by atoms with Crippen LogP contribution in [-0.4, -0.2) is 30.7 Å². The van der Waals surface area contributed by atoms with Gasteiger partial charge in [0.25, 0.3) is 0 Å². The molecule has 0 amide bonds. The van der Waals surface area contributed by atoms with E-state index in [0.717, 1.165) is 16.9 Å². The van der Waals surface area contributed by atoms with Crippen LogP contribution >= 0.6 is 35.6 Å². The van der Waals surface area contributed by atoms with Crippen LogP contribution in [0.2, 0.25) is 5.02 Å². The van der Waals surface area contributed by atoms with Gasteiger partial charge in [-0.15, -0.1) is 0 Å². The van der Waals surface area contributed by atoms with Crippen molar-refractivity contribution in [3.05, 3.63) is 23.0 Å². The molecular weight excluding hydrogens is 366 g/mol. The molecule has 2 rings (SSSR count). The molecule has 1 heterocycles. The van der Waals surface area contributed by atoms with Crippen LogP contribution in [-0.2, 0) is 17.3 Å². The second kappa shape index (κ2) is 7.29. The van der Waals surface area contributed by atoms with Gasteiger partial charge in [0.1, 0.15) is 15.7 Å². The standard InChI is InChI=1S/C16H20ClN3O2S2/c1-16(2,3)14-18-13-10(20(14)4)6-5-9(17)12(13)19-15(23)24-8-7-11(21)22/h5-6H,7-8H2,1-4H3,(H,19,23)(H,21,22). The van der Waals surface area contributed by atoms with Gasteiger partial charge in [0.2, 0.25) is 0 Å². The van der Waals surface area contributed by atoms with Crippen molar-refractivity contribution < 1.29 is 9.90 Å². The SMILES string of the molecule is Cn1c(C(C)(C)C)nc2c(NC(=S)SCCC(=O)O)c(Cl)ccc21. The number of carboxylic acid groups (broad SMARTS) is 1. The molecule has 1 aromatic heterocycles. The number of aromatic nitrogens is 2. The van der Waals surface area contributed by atoms with Crippen LogP contribution in [0.1, 0.15) is 33.0 Å². The average molecular weight is 386 g/mol. The first-order valence-corrected chi connectivity index (χ1v) is 9.19. The number of hydrogen-bond donors (Lipinski definition) is 2. The number of benzene rings is 1. The van der Waals surface area contributed by atoms with Crippen molar-refractivity contribution in [3.63, 3.8) is 0 Å². The number of carboxylic acids is 1. The molecule has 0 aliphatic heterocycles. The zero-order valence-corrected chi connectivity index (χ0v) is 16.4.